The van der Waals surface area contributed by atoms with Crippen molar-refractivity contribution in [2.24, 2.45) is 0 Å². The maximum absolute atomic E-state index is 13.4. The number of amides is 2. The Bertz CT molecular complexity index is 1250. The molecule has 2 aromatic heterocycles. The Kier molecular flexibility index (Phi) is 5.99. The normalized spacial score (nSPS) is 11.2. The number of hydrogen-bond donors (Lipinski definition) is 3. The molecular formula is C23H22FN7O2. The molecule has 0 aliphatic heterocycles. The fourth-order valence-electron chi connectivity index (χ4n) is 3.12. The van der Waals surface area contributed by atoms with Gasteiger partial charge in [0.05, 0.1) is 6.54 Å². The molecule has 0 aliphatic carbocycles. The predicted molar refractivity (Wildman–Crippen MR) is 120 cm³/mol. The maximum atomic E-state index is 13.4. The van der Waals surface area contributed by atoms with Gasteiger partial charge in [-0.25, -0.2) is 9.07 Å². The van der Waals surface area contributed by atoms with Crippen LogP contribution < -0.4 is 10.6 Å². The summed E-state index contributed by atoms with van der Waals surface area (Å²) >= 11 is 0. The second-order valence-corrected chi connectivity index (χ2v) is 7.91. The molecule has 3 N–H and O–H groups in total. The van der Waals surface area contributed by atoms with Gasteiger partial charge in [-0.3, -0.25) is 20.0 Å². The monoisotopic (exact) mass is 447 g/mol. The van der Waals surface area contributed by atoms with Crippen LogP contribution >= 0.6 is 0 Å². The number of benzene rings is 2. The van der Waals surface area contributed by atoms with E-state index in [2.05, 4.69) is 30.9 Å². The molecule has 0 spiro atoms. The molecule has 10 heteroatoms. The number of aromatic nitrogens is 5. The topological polar surface area (TPSA) is 118 Å². The highest BCUT2D eigenvalue weighted by Crippen LogP contribution is 2.21. The Morgan fingerprint density at radius 2 is 1.79 bits per heavy atom. The highest BCUT2D eigenvalue weighted by Gasteiger charge is 2.31. The lowest BCUT2D eigenvalue weighted by molar-refractivity contribution is -0.121. The average Bonchev–Trinajstić information content (AvgIpc) is 3.45. The van der Waals surface area contributed by atoms with Gasteiger partial charge < -0.3 is 5.32 Å². The molecule has 0 fully saturated rings. The zero-order valence-corrected chi connectivity index (χ0v) is 18.0. The van der Waals surface area contributed by atoms with Crippen LogP contribution in [0.2, 0.25) is 0 Å². The van der Waals surface area contributed by atoms with E-state index in [1.807, 2.05) is 30.3 Å². The van der Waals surface area contributed by atoms with Gasteiger partial charge in [-0.2, -0.15) is 10.1 Å². The van der Waals surface area contributed by atoms with E-state index < -0.39 is 17.4 Å². The van der Waals surface area contributed by atoms with Crippen molar-refractivity contribution < 1.29 is 14.0 Å². The van der Waals surface area contributed by atoms with E-state index in [1.165, 1.54) is 24.4 Å². The molecule has 2 heterocycles. The van der Waals surface area contributed by atoms with Crippen LogP contribution in [-0.4, -0.2) is 42.3 Å². The van der Waals surface area contributed by atoms with E-state index in [0.29, 0.717) is 17.9 Å². The zero-order chi connectivity index (χ0) is 23.4. The number of carbonyl (C=O) groups is 2. The molecule has 2 amide bonds. The predicted octanol–water partition coefficient (Wildman–Crippen LogP) is 3.00. The fraction of sp³-hybridized carbons (Fsp3) is 0.174. The lowest BCUT2D eigenvalue weighted by atomic mass is 10.0. The standard InChI is InChI=1S/C23H22FN7O2/c1-23(2,28-20(32)18-12-13-25-29-18)21(33)27-22-26-19(16-8-10-17(24)11-9-16)31(30-22)14-15-6-4-3-5-7-15/h3-13H,14H2,1-2H3,(H,25,29)(H,28,32)(H,27,30,33). The van der Waals surface area contributed by atoms with E-state index in [4.69, 9.17) is 0 Å². The van der Waals surface area contributed by atoms with Crippen molar-refractivity contribution in [3.63, 3.8) is 0 Å². The summed E-state index contributed by atoms with van der Waals surface area (Å²) < 4.78 is 15.1. The summed E-state index contributed by atoms with van der Waals surface area (Å²) in [6.07, 6.45) is 1.45. The molecule has 0 saturated heterocycles. The molecule has 4 aromatic rings. The highest BCUT2D eigenvalue weighted by atomic mass is 19.1. The first kappa shape index (κ1) is 21.9. The van der Waals surface area contributed by atoms with Crippen LogP contribution in [0.1, 0.15) is 29.9 Å². The van der Waals surface area contributed by atoms with Crippen LogP contribution in [0.3, 0.4) is 0 Å². The Hall–Kier alpha value is -4.34. The minimum atomic E-state index is -1.26. The number of halogens is 1. The molecule has 0 unspecified atom stereocenters. The van der Waals surface area contributed by atoms with Crippen molar-refractivity contribution in [3.8, 4) is 11.4 Å². The van der Waals surface area contributed by atoms with E-state index >= 15 is 0 Å². The molecule has 4 rings (SSSR count). The van der Waals surface area contributed by atoms with Crippen molar-refractivity contribution in [1.29, 1.82) is 0 Å². The third-order valence-electron chi connectivity index (χ3n) is 4.91. The van der Waals surface area contributed by atoms with Crippen LogP contribution in [0.4, 0.5) is 10.3 Å². The van der Waals surface area contributed by atoms with Crippen LogP contribution in [0, 0.1) is 5.82 Å². The molecule has 0 saturated carbocycles. The number of H-pyrrole nitrogens is 1. The first-order valence-electron chi connectivity index (χ1n) is 10.2. The van der Waals surface area contributed by atoms with Gasteiger partial charge in [0.1, 0.15) is 17.1 Å². The first-order valence-corrected chi connectivity index (χ1v) is 10.2. The van der Waals surface area contributed by atoms with Crippen molar-refractivity contribution in [2.75, 3.05) is 5.32 Å². The number of anilines is 1. The number of hydrogen-bond acceptors (Lipinski definition) is 5. The largest absolute Gasteiger partial charge is 0.337 e. The SMILES string of the molecule is CC(C)(NC(=O)c1ccn[nH]1)C(=O)Nc1nc(-c2ccc(F)cc2)n(Cc2ccccc2)n1. The smallest absolute Gasteiger partial charge is 0.270 e. The molecule has 0 atom stereocenters. The summed E-state index contributed by atoms with van der Waals surface area (Å²) in [6.45, 7) is 3.53. The quantitative estimate of drug-likeness (QED) is 0.403. The summed E-state index contributed by atoms with van der Waals surface area (Å²) in [5, 5.41) is 16.0. The second kappa shape index (κ2) is 9.03. The minimum Gasteiger partial charge on any atom is -0.337 e. The van der Waals surface area contributed by atoms with Gasteiger partial charge in [-0.15, -0.1) is 5.10 Å². The zero-order valence-electron chi connectivity index (χ0n) is 18.0. The summed E-state index contributed by atoms with van der Waals surface area (Å²) in [4.78, 5) is 29.7. The number of nitrogens with zero attached hydrogens (tertiary/aromatic N) is 4. The van der Waals surface area contributed by atoms with E-state index in [1.54, 1.807) is 30.7 Å². The second-order valence-electron chi connectivity index (χ2n) is 7.91. The van der Waals surface area contributed by atoms with Crippen LogP contribution in [0.5, 0.6) is 0 Å². The molecular weight excluding hydrogens is 425 g/mol. The minimum absolute atomic E-state index is 0.0686. The number of nitrogens with one attached hydrogen (secondary N) is 3. The van der Waals surface area contributed by atoms with Crippen molar-refractivity contribution in [3.05, 3.63) is 83.9 Å². The molecule has 9 nitrogen and oxygen atoms in total. The van der Waals surface area contributed by atoms with Crippen molar-refractivity contribution >= 4 is 17.8 Å². The van der Waals surface area contributed by atoms with E-state index in [9.17, 15) is 14.0 Å². The Morgan fingerprint density at radius 1 is 1.06 bits per heavy atom. The third kappa shape index (κ3) is 5.12. The molecule has 33 heavy (non-hydrogen) atoms. The lowest BCUT2D eigenvalue weighted by Crippen LogP contribution is -2.52. The highest BCUT2D eigenvalue weighted by molar-refractivity contribution is 6.02. The number of aromatic amines is 1. The van der Waals surface area contributed by atoms with E-state index in [-0.39, 0.29) is 17.5 Å². The molecule has 168 valence electrons. The van der Waals surface area contributed by atoms with Crippen molar-refractivity contribution in [1.82, 2.24) is 30.3 Å². The van der Waals surface area contributed by atoms with Crippen LogP contribution in [-0.2, 0) is 11.3 Å². The van der Waals surface area contributed by atoms with Gasteiger partial charge in [-0.05, 0) is 49.7 Å². The maximum Gasteiger partial charge on any atom is 0.270 e. The number of rotatable bonds is 7. The third-order valence-corrected chi connectivity index (χ3v) is 4.91. The van der Waals surface area contributed by atoms with Gasteiger partial charge in [0.25, 0.3) is 11.8 Å². The Balaban J connectivity index is 1.58. The van der Waals surface area contributed by atoms with Gasteiger partial charge in [0.2, 0.25) is 5.95 Å². The van der Waals surface area contributed by atoms with Gasteiger partial charge in [0, 0.05) is 11.8 Å². The molecule has 0 bridgehead atoms. The summed E-state index contributed by atoms with van der Waals surface area (Å²) in [6, 6.07) is 17.0. The Morgan fingerprint density at radius 3 is 2.45 bits per heavy atom. The summed E-state index contributed by atoms with van der Waals surface area (Å²) in [5.74, 6) is -0.802. The van der Waals surface area contributed by atoms with Crippen molar-refractivity contribution in [2.45, 2.75) is 25.9 Å². The van der Waals surface area contributed by atoms with Crippen LogP contribution in [0.15, 0.2) is 66.9 Å². The van der Waals surface area contributed by atoms with Gasteiger partial charge in [0.15, 0.2) is 5.82 Å². The van der Waals surface area contributed by atoms with Crippen LogP contribution in [0.25, 0.3) is 11.4 Å². The summed E-state index contributed by atoms with van der Waals surface area (Å²) in [7, 11) is 0. The average molecular weight is 447 g/mol. The molecule has 2 aromatic carbocycles. The first-order chi connectivity index (χ1) is 15.8. The summed E-state index contributed by atoms with van der Waals surface area (Å²) in [5.41, 5.74) is 0.603. The number of carbonyl (C=O) groups excluding carboxylic acids is 2. The fourth-order valence-corrected chi connectivity index (χ4v) is 3.12. The Labute approximate surface area is 189 Å². The van der Waals surface area contributed by atoms with Gasteiger partial charge in [-0.1, -0.05) is 30.3 Å². The lowest BCUT2D eigenvalue weighted by Gasteiger charge is -2.23. The molecule has 0 aliphatic rings. The van der Waals surface area contributed by atoms with E-state index in [0.717, 1.165) is 5.56 Å². The molecule has 0 radical (unpaired) electrons. The van der Waals surface area contributed by atoms with Gasteiger partial charge >= 0.3 is 0 Å².